The van der Waals surface area contributed by atoms with Crippen molar-refractivity contribution in [2.45, 2.75) is 19.8 Å². The highest BCUT2D eigenvalue weighted by Gasteiger charge is 2.15. The van der Waals surface area contributed by atoms with E-state index in [4.69, 9.17) is 5.11 Å². The molecule has 0 aromatic carbocycles. The van der Waals surface area contributed by atoms with Gasteiger partial charge in [-0.1, -0.05) is 18.3 Å². The van der Waals surface area contributed by atoms with Crippen LogP contribution >= 0.6 is 11.3 Å². The lowest BCUT2D eigenvalue weighted by molar-refractivity contribution is -0.380. The van der Waals surface area contributed by atoms with Crippen molar-refractivity contribution in [2.75, 3.05) is 6.54 Å². The first kappa shape index (κ1) is 15.1. The third kappa shape index (κ3) is 4.66. The monoisotopic (exact) mass is 286 g/mol. The second kappa shape index (κ2) is 6.83. The van der Waals surface area contributed by atoms with Gasteiger partial charge in [0, 0.05) is 12.6 Å². The molecule has 0 aliphatic rings. The molecule has 0 saturated carbocycles. The fraction of sp³-hybridized carbons (Fsp3) is 0.455. The average molecular weight is 286 g/mol. The number of aliphatic carboxylic acids is 1. The van der Waals surface area contributed by atoms with Gasteiger partial charge >= 0.3 is 11.0 Å². The molecule has 1 amide bonds. The molecule has 1 heterocycles. The Morgan fingerprint density at radius 2 is 2.21 bits per heavy atom. The molecule has 1 aromatic heterocycles. The van der Waals surface area contributed by atoms with Crippen molar-refractivity contribution in [3.63, 3.8) is 0 Å². The molecule has 1 unspecified atom stereocenters. The van der Waals surface area contributed by atoms with E-state index in [1.165, 1.54) is 12.1 Å². The van der Waals surface area contributed by atoms with Crippen LogP contribution in [-0.2, 0) is 4.79 Å². The third-order valence-electron chi connectivity index (χ3n) is 2.52. The SMILES string of the molecule is CC(CCCNC(=O)c1ccc([N+](=O)[O-])s1)C(=O)O. The molecule has 0 aliphatic carbocycles. The van der Waals surface area contributed by atoms with Gasteiger partial charge in [0.05, 0.1) is 15.7 Å². The zero-order valence-corrected chi connectivity index (χ0v) is 11.1. The highest BCUT2D eigenvalue weighted by Crippen LogP contribution is 2.23. The van der Waals surface area contributed by atoms with E-state index in [0.29, 0.717) is 19.4 Å². The maximum atomic E-state index is 11.6. The lowest BCUT2D eigenvalue weighted by atomic mass is 10.1. The number of hydrogen-bond acceptors (Lipinski definition) is 5. The summed E-state index contributed by atoms with van der Waals surface area (Å²) >= 11 is 0.813. The highest BCUT2D eigenvalue weighted by atomic mass is 32.1. The molecule has 1 aromatic rings. The number of carbonyl (C=O) groups is 2. The molecule has 104 valence electrons. The minimum Gasteiger partial charge on any atom is -0.481 e. The molecule has 2 N–H and O–H groups in total. The Morgan fingerprint density at radius 3 is 2.74 bits per heavy atom. The van der Waals surface area contributed by atoms with Gasteiger partial charge in [-0.15, -0.1) is 0 Å². The molecule has 1 atom stereocenters. The fourth-order valence-corrected chi connectivity index (χ4v) is 2.11. The van der Waals surface area contributed by atoms with Crippen molar-refractivity contribution in [1.82, 2.24) is 5.32 Å². The summed E-state index contributed by atoms with van der Waals surface area (Å²) in [4.78, 5) is 32.4. The van der Waals surface area contributed by atoms with Crippen LogP contribution in [-0.4, -0.2) is 28.5 Å². The van der Waals surface area contributed by atoms with Gasteiger partial charge in [-0.05, 0) is 18.9 Å². The van der Waals surface area contributed by atoms with E-state index in [1.54, 1.807) is 6.92 Å². The topological polar surface area (TPSA) is 110 Å². The molecule has 19 heavy (non-hydrogen) atoms. The fourth-order valence-electron chi connectivity index (χ4n) is 1.37. The number of carboxylic acids is 1. The summed E-state index contributed by atoms with van der Waals surface area (Å²) in [6.07, 6.45) is 1.02. The van der Waals surface area contributed by atoms with E-state index >= 15 is 0 Å². The van der Waals surface area contributed by atoms with Gasteiger partial charge in [-0.3, -0.25) is 19.7 Å². The van der Waals surface area contributed by atoms with Crippen LogP contribution in [0.1, 0.15) is 29.4 Å². The Hall–Kier alpha value is -1.96. The quantitative estimate of drug-likeness (QED) is 0.452. The lowest BCUT2D eigenvalue weighted by Crippen LogP contribution is -2.24. The first-order valence-corrected chi connectivity index (χ1v) is 6.48. The molecule has 0 bridgehead atoms. The van der Waals surface area contributed by atoms with E-state index in [1.807, 2.05) is 0 Å². The normalized spacial score (nSPS) is 11.8. The number of nitrogens with zero attached hydrogens (tertiary/aromatic N) is 1. The maximum absolute atomic E-state index is 11.6. The Morgan fingerprint density at radius 1 is 1.53 bits per heavy atom. The van der Waals surface area contributed by atoms with E-state index < -0.39 is 16.8 Å². The van der Waals surface area contributed by atoms with Crippen LogP contribution < -0.4 is 5.32 Å². The molecule has 1 rings (SSSR count). The molecule has 0 radical (unpaired) electrons. The van der Waals surface area contributed by atoms with Crippen LogP contribution in [0.3, 0.4) is 0 Å². The number of thiophene rings is 1. The van der Waals surface area contributed by atoms with Gasteiger partial charge in [-0.2, -0.15) is 0 Å². The lowest BCUT2D eigenvalue weighted by Gasteiger charge is -2.06. The van der Waals surface area contributed by atoms with Crippen LogP contribution in [0.15, 0.2) is 12.1 Å². The number of carboxylic acid groups (broad SMARTS) is 1. The van der Waals surface area contributed by atoms with Crippen molar-refractivity contribution in [3.8, 4) is 0 Å². The Kier molecular flexibility index (Phi) is 5.43. The summed E-state index contributed by atoms with van der Waals surface area (Å²) in [7, 11) is 0. The zero-order chi connectivity index (χ0) is 14.4. The Balaban J connectivity index is 2.35. The number of carbonyl (C=O) groups excluding carboxylic acids is 1. The van der Waals surface area contributed by atoms with Gasteiger partial charge in [0.2, 0.25) is 0 Å². The predicted molar refractivity (Wildman–Crippen MR) is 69.3 cm³/mol. The molecule has 0 fully saturated rings. The molecule has 0 spiro atoms. The van der Waals surface area contributed by atoms with Crippen LogP contribution in [0, 0.1) is 16.0 Å². The minimum absolute atomic E-state index is 0.0790. The zero-order valence-electron chi connectivity index (χ0n) is 10.3. The standard InChI is InChI=1S/C11H14N2O5S/c1-7(11(15)16)3-2-6-12-10(14)8-4-5-9(19-8)13(17)18/h4-5,7H,2-3,6H2,1H3,(H,12,14)(H,15,16). The van der Waals surface area contributed by atoms with E-state index in [0.717, 1.165) is 11.3 Å². The van der Waals surface area contributed by atoms with Crippen molar-refractivity contribution in [3.05, 3.63) is 27.1 Å². The summed E-state index contributed by atoms with van der Waals surface area (Å²) in [6, 6.07) is 2.68. The maximum Gasteiger partial charge on any atom is 0.324 e. The Labute approximate surface area is 113 Å². The van der Waals surface area contributed by atoms with Gasteiger partial charge in [0.25, 0.3) is 5.91 Å². The van der Waals surface area contributed by atoms with Crippen LogP contribution in [0.25, 0.3) is 0 Å². The second-order valence-electron chi connectivity index (χ2n) is 4.03. The smallest absolute Gasteiger partial charge is 0.324 e. The molecule has 8 heteroatoms. The first-order chi connectivity index (χ1) is 8.91. The van der Waals surface area contributed by atoms with Gasteiger partial charge < -0.3 is 10.4 Å². The number of nitrogens with one attached hydrogen (secondary N) is 1. The summed E-state index contributed by atoms with van der Waals surface area (Å²) < 4.78 is 0. The van der Waals surface area contributed by atoms with E-state index in [-0.39, 0.29) is 15.8 Å². The van der Waals surface area contributed by atoms with Crippen molar-refractivity contribution < 1.29 is 19.6 Å². The highest BCUT2D eigenvalue weighted by molar-refractivity contribution is 7.17. The van der Waals surface area contributed by atoms with Crippen LogP contribution in [0.5, 0.6) is 0 Å². The second-order valence-corrected chi connectivity index (χ2v) is 5.09. The molecule has 0 saturated heterocycles. The first-order valence-electron chi connectivity index (χ1n) is 5.67. The van der Waals surface area contributed by atoms with E-state index in [2.05, 4.69) is 5.32 Å². The number of nitro groups is 1. The average Bonchev–Trinajstić information content (AvgIpc) is 2.83. The van der Waals surface area contributed by atoms with Crippen molar-refractivity contribution in [1.29, 1.82) is 0 Å². The van der Waals surface area contributed by atoms with Gasteiger partial charge in [0.15, 0.2) is 0 Å². The van der Waals surface area contributed by atoms with Crippen LogP contribution in [0.2, 0.25) is 0 Å². The summed E-state index contributed by atoms with van der Waals surface area (Å²) in [5.74, 6) is -1.68. The summed E-state index contributed by atoms with van der Waals surface area (Å²) in [6.45, 7) is 1.95. The largest absolute Gasteiger partial charge is 0.481 e. The number of hydrogen-bond donors (Lipinski definition) is 2. The van der Waals surface area contributed by atoms with Gasteiger partial charge in [0.1, 0.15) is 0 Å². The van der Waals surface area contributed by atoms with Gasteiger partial charge in [-0.25, -0.2) is 0 Å². The molecular weight excluding hydrogens is 272 g/mol. The molecule has 0 aliphatic heterocycles. The minimum atomic E-state index is -0.861. The molecule has 7 nitrogen and oxygen atoms in total. The number of amides is 1. The van der Waals surface area contributed by atoms with Crippen LogP contribution in [0.4, 0.5) is 5.00 Å². The summed E-state index contributed by atoms with van der Waals surface area (Å²) in [5.41, 5.74) is 0. The van der Waals surface area contributed by atoms with Crippen molar-refractivity contribution in [2.24, 2.45) is 5.92 Å². The third-order valence-corrected chi connectivity index (χ3v) is 3.55. The predicted octanol–water partition coefficient (Wildman–Crippen LogP) is 1.89. The summed E-state index contributed by atoms with van der Waals surface area (Å²) in [5, 5.41) is 21.7. The molecular formula is C11H14N2O5S. The van der Waals surface area contributed by atoms with E-state index in [9.17, 15) is 19.7 Å². The number of rotatable bonds is 7. The Bertz CT molecular complexity index is 485. The van der Waals surface area contributed by atoms with Crippen molar-refractivity contribution >= 4 is 28.2 Å².